The number of rotatable bonds is 6. The molecule has 2 N–H and O–H groups in total. The Hall–Kier alpha value is -2.29. The van der Waals surface area contributed by atoms with E-state index in [1.54, 1.807) is 31.2 Å². The van der Waals surface area contributed by atoms with Gasteiger partial charge in [-0.3, -0.25) is 14.5 Å². The van der Waals surface area contributed by atoms with E-state index in [2.05, 4.69) is 5.32 Å². The molecule has 144 valence electrons. The van der Waals surface area contributed by atoms with Crippen LogP contribution < -0.4 is 10.1 Å². The van der Waals surface area contributed by atoms with E-state index in [4.69, 9.17) is 9.84 Å². The fourth-order valence-corrected chi connectivity index (χ4v) is 2.99. The van der Waals surface area contributed by atoms with E-state index in [1.807, 2.05) is 0 Å². The summed E-state index contributed by atoms with van der Waals surface area (Å²) in [6, 6.07) is 5.80. The van der Waals surface area contributed by atoms with Crippen molar-refractivity contribution in [2.45, 2.75) is 26.1 Å². The summed E-state index contributed by atoms with van der Waals surface area (Å²) in [4.78, 5) is 24.9. The number of halogens is 3. The minimum Gasteiger partial charge on any atom is -0.492 e. The molecule has 0 radical (unpaired) electrons. The van der Waals surface area contributed by atoms with Gasteiger partial charge in [-0.2, -0.15) is 13.2 Å². The molecule has 6 nitrogen and oxygen atoms in total. The molecule has 1 amide bonds. The minimum atomic E-state index is -4.63. The summed E-state index contributed by atoms with van der Waals surface area (Å²) in [5.74, 6) is -5.16. The lowest BCUT2D eigenvalue weighted by Gasteiger charge is -2.24. The van der Waals surface area contributed by atoms with Crippen molar-refractivity contribution in [3.8, 4) is 5.75 Å². The zero-order valence-corrected chi connectivity index (χ0v) is 14.4. The third kappa shape index (κ3) is 4.46. The maximum atomic E-state index is 13.1. The third-order valence-electron chi connectivity index (χ3n) is 4.46. The quantitative estimate of drug-likeness (QED) is 0.800. The van der Waals surface area contributed by atoms with E-state index in [1.165, 1.54) is 11.8 Å². The Balaban J connectivity index is 2.10. The van der Waals surface area contributed by atoms with Gasteiger partial charge >= 0.3 is 12.1 Å². The van der Waals surface area contributed by atoms with Crippen molar-refractivity contribution in [3.63, 3.8) is 0 Å². The maximum Gasteiger partial charge on any atom is 0.393 e. The second kappa shape index (κ2) is 7.94. The third-order valence-corrected chi connectivity index (χ3v) is 4.46. The molecule has 3 atom stereocenters. The van der Waals surface area contributed by atoms with E-state index < -0.39 is 42.5 Å². The maximum absolute atomic E-state index is 13.1. The van der Waals surface area contributed by atoms with Gasteiger partial charge in [0.15, 0.2) is 0 Å². The lowest BCUT2D eigenvalue weighted by Crippen LogP contribution is -2.41. The average molecular weight is 374 g/mol. The molecular weight excluding hydrogens is 353 g/mol. The van der Waals surface area contributed by atoms with Gasteiger partial charge in [0.05, 0.1) is 30.2 Å². The highest BCUT2D eigenvalue weighted by atomic mass is 19.4. The van der Waals surface area contributed by atoms with Crippen LogP contribution in [-0.2, 0) is 9.59 Å². The fourth-order valence-electron chi connectivity index (χ4n) is 2.99. The fraction of sp³-hybridized carbons (Fsp3) is 0.529. The van der Waals surface area contributed by atoms with E-state index >= 15 is 0 Å². The van der Waals surface area contributed by atoms with Gasteiger partial charge in [0.1, 0.15) is 5.75 Å². The summed E-state index contributed by atoms with van der Waals surface area (Å²) >= 11 is 0. The smallest absolute Gasteiger partial charge is 0.393 e. The molecule has 1 saturated heterocycles. The lowest BCUT2D eigenvalue weighted by molar-refractivity contribution is -0.188. The summed E-state index contributed by atoms with van der Waals surface area (Å²) in [6.07, 6.45) is -4.63. The van der Waals surface area contributed by atoms with E-state index in [-0.39, 0.29) is 6.54 Å². The minimum absolute atomic E-state index is 0.332. The molecular formula is C17H21F3N2O4. The standard InChI is InChI=1S/C17H21F3N2O4/c1-3-26-14-7-5-4-6-13(14)21-15(23)10(2)22-8-11(16(24)25)12(9-22)17(18,19)20/h4-7,10-12H,3,8-9H2,1-2H3,(H,21,23)(H,24,25)/t10?,11-,12-/m1/s1. The Morgan fingerprint density at radius 3 is 2.54 bits per heavy atom. The average Bonchev–Trinajstić information content (AvgIpc) is 3.02. The van der Waals surface area contributed by atoms with Crippen LogP contribution in [0.1, 0.15) is 13.8 Å². The van der Waals surface area contributed by atoms with Gasteiger partial charge in [0.25, 0.3) is 0 Å². The zero-order chi connectivity index (χ0) is 19.5. The normalized spacial score (nSPS) is 22.0. The van der Waals surface area contributed by atoms with Crippen molar-refractivity contribution in [1.29, 1.82) is 0 Å². The number of hydrogen-bond donors (Lipinski definition) is 2. The van der Waals surface area contributed by atoms with E-state index in [0.717, 1.165) is 0 Å². The number of hydrogen-bond acceptors (Lipinski definition) is 4. The van der Waals surface area contributed by atoms with E-state index in [9.17, 15) is 22.8 Å². The number of ether oxygens (including phenoxy) is 1. The highest BCUT2D eigenvalue weighted by Gasteiger charge is 2.53. The number of nitrogens with zero attached hydrogens (tertiary/aromatic N) is 1. The first-order valence-electron chi connectivity index (χ1n) is 8.21. The van der Waals surface area contributed by atoms with Crippen LogP contribution in [0.25, 0.3) is 0 Å². The number of carboxylic acid groups (broad SMARTS) is 1. The van der Waals surface area contributed by atoms with Crippen LogP contribution in [0.2, 0.25) is 0 Å². The first kappa shape index (κ1) is 20.0. The van der Waals surface area contributed by atoms with Gasteiger partial charge in [0.2, 0.25) is 5.91 Å². The Morgan fingerprint density at radius 1 is 1.35 bits per heavy atom. The van der Waals surface area contributed by atoms with Crippen molar-refractivity contribution in [1.82, 2.24) is 4.90 Å². The van der Waals surface area contributed by atoms with Crippen LogP contribution in [-0.4, -0.2) is 53.8 Å². The van der Waals surface area contributed by atoms with Crippen LogP contribution in [0.4, 0.5) is 18.9 Å². The summed E-state index contributed by atoms with van der Waals surface area (Å²) in [7, 11) is 0. The van der Waals surface area contributed by atoms with Crippen LogP contribution in [0.5, 0.6) is 5.75 Å². The topological polar surface area (TPSA) is 78.9 Å². The highest BCUT2D eigenvalue weighted by Crippen LogP contribution is 2.38. The van der Waals surface area contributed by atoms with Crippen molar-refractivity contribution in [2.75, 3.05) is 25.0 Å². The van der Waals surface area contributed by atoms with Crippen LogP contribution >= 0.6 is 0 Å². The van der Waals surface area contributed by atoms with Crippen molar-refractivity contribution >= 4 is 17.6 Å². The number of carbonyl (C=O) groups is 2. The molecule has 0 bridgehead atoms. The summed E-state index contributed by atoms with van der Waals surface area (Å²) in [6.45, 7) is 2.77. The first-order chi connectivity index (χ1) is 12.1. The predicted octanol–water partition coefficient (Wildman–Crippen LogP) is 2.61. The molecule has 1 heterocycles. The number of anilines is 1. The second-order valence-corrected chi connectivity index (χ2v) is 6.14. The van der Waals surface area contributed by atoms with Gasteiger partial charge in [0, 0.05) is 13.1 Å². The Morgan fingerprint density at radius 2 is 2.00 bits per heavy atom. The Labute approximate surface area is 148 Å². The molecule has 26 heavy (non-hydrogen) atoms. The molecule has 1 aromatic carbocycles. The predicted molar refractivity (Wildman–Crippen MR) is 87.9 cm³/mol. The molecule has 1 unspecified atom stereocenters. The van der Waals surface area contributed by atoms with Gasteiger partial charge in [-0.1, -0.05) is 12.1 Å². The van der Waals surface area contributed by atoms with Gasteiger partial charge in [-0.25, -0.2) is 0 Å². The number of amides is 1. The largest absolute Gasteiger partial charge is 0.492 e. The van der Waals surface area contributed by atoms with Gasteiger partial charge in [-0.15, -0.1) is 0 Å². The van der Waals surface area contributed by atoms with Crippen LogP contribution in [0.3, 0.4) is 0 Å². The molecule has 1 fully saturated rings. The van der Waals surface area contributed by atoms with Gasteiger partial charge < -0.3 is 15.2 Å². The molecule has 9 heteroatoms. The lowest BCUT2D eigenvalue weighted by atomic mass is 9.96. The molecule has 0 saturated carbocycles. The Kier molecular flexibility index (Phi) is 6.12. The number of aliphatic carboxylic acids is 1. The van der Waals surface area contributed by atoms with Crippen LogP contribution in [0.15, 0.2) is 24.3 Å². The monoisotopic (exact) mass is 374 g/mol. The number of para-hydroxylation sites is 2. The van der Waals surface area contributed by atoms with Crippen molar-refractivity contribution < 1.29 is 32.6 Å². The Bertz CT molecular complexity index is 666. The molecule has 1 aliphatic rings. The highest BCUT2D eigenvalue weighted by molar-refractivity contribution is 5.95. The molecule has 1 aliphatic heterocycles. The number of benzene rings is 1. The number of carboxylic acids is 1. The number of alkyl halides is 3. The zero-order valence-electron chi connectivity index (χ0n) is 14.4. The number of carbonyl (C=O) groups excluding carboxylic acids is 1. The molecule has 0 aromatic heterocycles. The number of likely N-dealkylation sites (tertiary alicyclic amines) is 1. The van der Waals surface area contributed by atoms with Crippen molar-refractivity contribution in [3.05, 3.63) is 24.3 Å². The molecule has 2 rings (SSSR count). The first-order valence-corrected chi connectivity index (χ1v) is 8.21. The summed E-state index contributed by atoms with van der Waals surface area (Å²) in [5.41, 5.74) is 0.410. The molecule has 0 spiro atoms. The van der Waals surface area contributed by atoms with Gasteiger partial charge in [-0.05, 0) is 26.0 Å². The van der Waals surface area contributed by atoms with Crippen LogP contribution in [0, 0.1) is 11.8 Å². The molecule has 1 aromatic rings. The van der Waals surface area contributed by atoms with Crippen molar-refractivity contribution in [2.24, 2.45) is 11.8 Å². The van der Waals surface area contributed by atoms with E-state index in [0.29, 0.717) is 18.0 Å². The SMILES string of the molecule is CCOc1ccccc1NC(=O)C(C)N1C[C@@H](C(F)(F)F)[C@H](C(=O)O)C1. The number of nitrogens with one attached hydrogen (secondary N) is 1. The second-order valence-electron chi connectivity index (χ2n) is 6.14. The molecule has 0 aliphatic carbocycles. The summed E-state index contributed by atoms with van der Waals surface area (Å²) < 4.78 is 44.7. The summed E-state index contributed by atoms with van der Waals surface area (Å²) in [5, 5.41) is 11.7.